The van der Waals surface area contributed by atoms with Gasteiger partial charge in [0.2, 0.25) is 0 Å². The molecular formula is C14H17NO. The molecule has 0 atom stereocenters. The zero-order valence-electron chi connectivity index (χ0n) is 9.41. The number of hydrogen-bond acceptors (Lipinski definition) is 2. The van der Waals surface area contributed by atoms with Gasteiger partial charge < -0.3 is 5.32 Å². The molecule has 0 saturated heterocycles. The molecule has 1 N–H and O–H groups in total. The summed E-state index contributed by atoms with van der Waals surface area (Å²) in [4.78, 5) is 11.2. The lowest BCUT2D eigenvalue weighted by Crippen LogP contribution is -2.20. The fraction of sp³-hybridized carbons (Fsp3) is 0.357. The molecule has 2 heteroatoms. The van der Waals surface area contributed by atoms with Crippen molar-refractivity contribution in [2.75, 3.05) is 6.54 Å². The summed E-state index contributed by atoms with van der Waals surface area (Å²) >= 11 is 0. The first-order valence-electron chi connectivity index (χ1n) is 5.86. The molecule has 84 valence electrons. The van der Waals surface area contributed by atoms with E-state index in [4.69, 9.17) is 0 Å². The number of nitrogens with one attached hydrogen (secondary N) is 1. The van der Waals surface area contributed by atoms with Crippen LogP contribution in [0.5, 0.6) is 0 Å². The molecule has 0 bridgehead atoms. The fourth-order valence-corrected chi connectivity index (χ4v) is 1.94. The molecule has 0 amide bonds. The van der Waals surface area contributed by atoms with E-state index in [1.165, 1.54) is 5.56 Å². The summed E-state index contributed by atoms with van der Waals surface area (Å²) in [6.07, 6.45) is 5.48. The standard InChI is InChI=1S/C14H17NO/c16-14-8-4-7-13(11-14)15-10-9-12-5-2-1-3-6-12/h1-3,5-6,11,15H,4,7-10H2. The van der Waals surface area contributed by atoms with Crippen LogP contribution in [0.25, 0.3) is 0 Å². The highest BCUT2D eigenvalue weighted by Crippen LogP contribution is 2.12. The third-order valence-corrected chi connectivity index (χ3v) is 2.81. The average molecular weight is 215 g/mol. The fourth-order valence-electron chi connectivity index (χ4n) is 1.94. The lowest BCUT2D eigenvalue weighted by molar-refractivity contribution is -0.115. The van der Waals surface area contributed by atoms with E-state index >= 15 is 0 Å². The van der Waals surface area contributed by atoms with Gasteiger partial charge in [0, 0.05) is 24.7 Å². The molecule has 1 aliphatic rings. The van der Waals surface area contributed by atoms with Crippen LogP contribution in [0.3, 0.4) is 0 Å². The van der Waals surface area contributed by atoms with Gasteiger partial charge in [-0.1, -0.05) is 30.3 Å². The number of hydrogen-bond donors (Lipinski definition) is 1. The SMILES string of the molecule is O=C1C=C(NCCc2ccccc2)CCC1. The van der Waals surface area contributed by atoms with Crippen molar-refractivity contribution in [2.45, 2.75) is 25.7 Å². The van der Waals surface area contributed by atoms with Gasteiger partial charge >= 0.3 is 0 Å². The molecule has 2 nitrogen and oxygen atoms in total. The van der Waals surface area contributed by atoms with Crippen LogP contribution in [0.2, 0.25) is 0 Å². The van der Waals surface area contributed by atoms with Crippen LogP contribution in [-0.4, -0.2) is 12.3 Å². The van der Waals surface area contributed by atoms with Gasteiger partial charge in [-0.25, -0.2) is 0 Å². The van der Waals surface area contributed by atoms with Crippen molar-refractivity contribution >= 4 is 5.78 Å². The molecule has 2 rings (SSSR count). The first-order chi connectivity index (χ1) is 7.84. The highest BCUT2D eigenvalue weighted by molar-refractivity contribution is 5.91. The van der Waals surface area contributed by atoms with Gasteiger partial charge in [0.25, 0.3) is 0 Å². The Morgan fingerprint density at radius 3 is 2.69 bits per heavy atom. The number of carbonyl (C=O) groups excluding carboxylic acids is 1. The summed E-state index contributed by atoms with van der Waals surface area (Å²) in [5.41, 5.74) is 2.44. The van der Waals surface area contributed by atoms with Crippen molar-refractivity contribution in [1.82, 2.24) is 5.32 Å². The molecule has 0 radical (unpaired) electrons. The van der Waals surface area contributed by atoms with Crippen LogP contribution in [0.4, 0.5) is 0 Å². The molecule has 0 spiro atoms. The van der Waals surface area contributed by atoms with E-state index < -0.39 is 0 Å². The Morgan fingerprint density at radius 2 is 1.94 bits per heavy atom. The van der Waals surface area contributed by atoms with Crippen LogP contribution >= 0.6 is 0 Å². The second-order valence-corrected chi connectivity index (χ2v) is 4.15. The zero-order valence-corrected chi connectivity index (χ0v) is 9.41. The maximum atomic E-state index is 11.2. The van der Waals surface area contributed by atoms with Gasteiger partial charge in [0.1, 0.15) is 0 Å². The molecule has 0 fully saturated rings. The van der Waals surface area contributed by atoms with Crippen molar-refractivity contribution in [3.63, 3.8) is 0 Å². The van der Waals surface area contributed by atoms with E-state index in [2.05, 4.69) is 29.6 Å². The maximum Gasteiger partial charge on any atom is 0.157 e. The largest absolute Gasteiger partial charge is 0.388 e. The molecule has 1 aromatic rings. The predicted molar refractivity (Wildman–Crippen MR) is 65.1 cm³/mol. The van der Waals surface area contributed by atoms with Gasteiger partial charge in [-0.15, -0.1) is 0 Å². The number of ketones is 1. The topological polar surface area (TPSA) is 29.1 Å². The molecule has 16 heavy (non-hydrogen) atoms. The predicted octanol–water partition coefficient (Wildman–Crippen LogP) is 2.46. The van der Waals surface area contributed by atoms with Crippen molar-refractivity contribution in [3.05, 3.63) is 47.7 Å². The Hall–Kier alpha value is -1.57. The Labute approximate surface area is 96.4 Å². The normalized spacial score (nSPS) is 15.8. The number of carbonyl (C=O) groups is 1. The molecule has 0 aliphatic heterocycles. The van der Waals surface area contributed by atoms with Crippen molar-refractivity contribution in [1.29, 1.82) is 0 Å². The molecule has 0 heterocycles. The second kappa shape index (κ2) is 5.50. The van der Waals surface area contributed by atoms with Gasteiger partial charge in [-0.05, 0) is 24.8 Å². The minimum Gasteiger partial charge on any atom is -0.388 e. The van der Waals surface area contributed by atoms with E-state index in [0.717, 1.165) is 31.5 Å². The first-order valence-corrected chi connectivity index (χ1v) is 5.86. The van der Waals surface area contributed by atoms with Crippen molar-refractivity contribution in [3.8, 4) is 0 Å². The maximum absolute atomic E-state index is 11.2. The average Bonchev–Trinajstić information content (AvgIpc) is 2.30. The Morgan fingerprint density at radius 1 is 1.12 bits per heavy atom. The van der Waals surface area contributed by atoms with E-state index in [1.807, 2.05) is 6.07 Å². The number of allylic oxidation sites excluding steroid dienone is 2. The van der Waals surface area contributed by atoms with E-state index in [1.54, 1.807) is 6.08 Å². The number of benzene rings is 1. The van der Waals surface area contributed by atoms with Gasteiger partial charge in [-0.3, -0.25) is 4.79 Å². The van der Waals surface area contributed by atoms with Crippen molar-refractivity contribution in [2.24, 2.45) is 0 Å². The smallest absolute Gasteiger partial charge is 0.157 e. The van der Waals surface area contributed by atoms with Crippen LogP contribution in [0.15, 0.2) is 42.1 Å². The summed E-state index contributed by atoms with van der Waals surface area (Å²) in [5.74, 6) is 0.258. The minimum absolute atomic E-state index is 0.258. The molecule has 1 aromatic carbocycles. The highest BCUT2D eigenvalue weighted by atomic mass is 16.1. The quantitative estimate of drug-likeness (QED) is 0.836. The third-order valence-electron chi connectivity index (χ3n) is 2.81. The molecular weight excluding hydrogens is 198 g/mol. The van der Waals surface area contributed by atoms with Crippen LogP contribution < -0.4 is 5.32 Å². The van der Waals surface area contributed by atoms with E-state index in [-0.39, 0.29) is 5.78 Å². The highest BCUT2D eigenvalue weighted by Gasteiger charge is 2.08. The van der Waals surface area contributed by atoms with E-state index in [0.29, 0.717) is 6.42 Å². The minimum atomic E-state index is 0.258. The summed E-state index contributed by atoms with van der Waals surface area (Å²) in [7, 11) is 0. The summed E-state index contributed by atoms with van der Waals surface area (Å²) in [5, 5.41) is 3.34. The van der Waals surface area contributed by atoms with Crippen molar-refractivity contribution < 1.29 is 4.79 Å². The molecule has 1 aliphatic carbocycles. The van der Waals surface area contributed by atoms with Crippen LogP contribution in [0, 0.1) is 0 Å². The lowest BCUT2D eigenvalue weighted by Gasteiger charge is -2.14. The summed E-state index contributed by atoms with van der Waals surface area (Å²) < 4.78 is 0. The summed E-state index contributed by atoms with van der Waals surface area (Å²) in [6.45, 7) is 0.906. The van der Waals surface area contributed by atoms with Gasteiger partial charge in [-0.2, -0.15) is 0 Å². The van der Waals surface area contributed by atoms with Gasteiger partial charge in [0.05, 0.1) is 0 Å². The van der Waals surface area contributed by atoms with Crippen LogP contribution in [0.1, 0.15) is 24.8 Å². The zero-order chi connectivity index (χ0) is 11.2. The Bertz CT molecular complexity index is 381. The number of rotatable bonds is 4. The third kappa shape index (κ3) is 3.23. The van der Waals surface area contributed by atoms with Crippen LogP contribution in [-0.2, 0) is 11.2 Å². The first kappa shape index (κ1) is 10.9. The van der Waals surface area contributed by atoms with Gasteiger partial charge in [0.15, 0.2) is 5.78 Å². The van der Waals surface area contributed by atoms with E-state index in [9.17, 15) is 4.79 Å². The second-order valence-electron chi connectivity index (χ2n) is 4.15. The summed E-state index contributed by atoms with van der Waals surface area (Å²) in [6, 6.07) is 10.4. The lowest BCUT2D eigenvalue weighted by atomic mass is 10.0. The molecule has 0 saturated carbocycles. The Kier molecular flexibility index (Phi) is 3.76. The monoisotopic (exact) mass is 215 g/mol. The Balaban J connectivity index is 1.78. The molecule has 0 aromatic heterocycles. The molecule has 0 unspecified atom stereocenters.